The van der Waals surface area contributed by atoms with E-state index in [1.54, 1.807) is 26.2 Å². The molecule has 0 spiro atoms. The molecule has 5 heteroatoms. The van der Waals surface area contributed by atoms with Crippen LogP contribution < -0.4 is 9.46 Å². The molecular formula is C21H29NO3S. The number of aryl methyl sites for hydroxylation is 2. The molecule has 0 radical (unpaired) electrons. The van der Waals surface area contributed by atoms with Crippen molar-refractivity contribution >= 4 is 10.0 Å². The van der Waals surface area contributed by atoms with Crippen molar-refractivity contribution in [2.24, 2.45) is 0 Å². The third-order valence-electron chi connectivity index (χ3n) is 4.50. The van der Waals surface area contributed by atoms with E-state index in [0.29, 0.717) is 10.5 Å². The van der Waals surface area contributed by atoms with Gasteiger partial charge in [0, 0.05) is 6.04 Å². The number of nitrogens with one attached hydrogen (secondary N) is 1. The Morgan fingerprint density at radius 3 is 2.31 bits per heavy atom. The van der Waals surface area contributed by atoms with Crippen LogP contribution in [-0.2, 0) is 16.4 Å². The predicted octanol–water partition coefficient (Wildman–Crippen LogP) is 4.43. The van der Waals surface area contributed by atoms with Crippen LogP contribution in [-0.4, -0.2) is 21.6 Å². The van der Waals surface area contributed by atoms with Crippen LogP contribution in [0.3, 0.4) is 0 Å². The van der Waals surface area contributed by atoms with E-state index in [4.69, 9.17) is 4.74 Å². The van der Waals surface area contributed by atoms with E-state index >= 15 is 0 Å². The Hall–Kier alpha value is -1.85. The Balaban J connectivity index is 2.17. The highest BCUT2D eigenvalue weighted by molar-refractivity contribution is 7.89. The quantitative estimate of drug-likeness (QED) is 0.743. The zero-order valence-electron chi connectivity index (χ0n) is 16.2. The van der Waals surface area contributed by atoms with E-state index in [1.807, 2.05) is 39.0 Å². The third-order valence-corrected chi connectivity index (χ3v) is 6.24. The standard InChI is InChI=1S/C21H29NO3S/c1-15(2)19-14-21(16(3)13-20(19)25-5)26(23,24)22-17(4)11-12-18-9-7-6-8-10-18/h6-10,13-15,17,22H,11-12H2,1-5H3/t17-/m0/s1. The molecule has 2 aromatic carbocycles. The van der Waals surface area contributed by atoms with Crippen molar-refractivity contribution in [2.75, 3.05) is 7.11 Å². The minimum absolute atomic E-state index is 0.149. The Morgan fingerprint density at radius 1 is 1.08 bits per heavy atom. The fraction of sp³-hybridized carbons (Fsp3) is 0.429. The molecule has 0 fully saturated rings. The van der Waals surface area contributed by atoms with Crippen LogP contribution in [0.5, 0.6) is 5.75 Å². The van der Waals surface area contributed by atoms with Crippen molar-refractivity contribution in [1.29, 1.82) is 0 Å². The molecule has 0 saturated carbocycles. The maximum absolute atomic E-state index is 12.9. The van der Waals surface area contributed by atoms with E-state index in [2.05, 4.69) is 16.9 Å². The van der Waals surface area contributed by atoms with Gasteiger partial charge in [0.15, 0.2) is 0 Å². The summed E-state index contributed by atoms with van der Waals surface area (Å²) in [4.78, 5) is 0.327. The second-order valence-corrected chi connectivity index (χ2v) is 8.74. The van der Waals surface area contributed by atoms with Crippen LogP contribution >= 0.6 is 0 Å². The van der Waals surface area contributed by atoms with Gasteiger partial charge >= 0.3 is 0 Å². The van der Waals surface area contributed by atoms with Crippen LogP contribution in [0.2, 0.25) is 0 Å². The topological polar surface area (TPSA) is 55.4 Å². The summed E-state index contributed by atoms with van der Waals surface area (Å²) >= 11 is 0. The summed E-state index contributed by atoms with van der Waals surface area (Å²) in [6, 6.07) is 13.5. The van der Waals surface area contributed by atoms with Crippen molar-refractivity contribution in [1.82, 2.24) is 4.72 Å². The monoisotopic (exact) mass is 375 g/mol. The maximum Gasteiger partial charge on any atom is 0.241 e. The predicted molar refractivity (Wildman–Crippen MR) is 106 cm³/mol. The van der Waals surface area contributed by atoms with E-state index in [0.717, 1.165) is 24.2 Å². The zero-order valence-corrected chi connectivity index (χ0v) is 17.1. The molecule has 0 bridgehead atoms. The second kappa shape index (κ2) is 8.69. The van der Waals surface area contributed by atoms with E-state index in [1.165, 1.54) is 5.56 Å². The van der Waals surface area contributed by atoms with Gasteiger partial charge in [-0.3, -0.25) is 0 Å². The molecule has 0 heterocycles. The van der Waals surface area contributed by atoms with Crippen molar-refractivity contribution < 1.29 is 13.2 Å². The lowest BCUT2D eigenvalue weighted by Gasteiger charge is -2.19. The molecule has 1 N–H and O–H groups in total. The minimum atomic E-state index is -3.58. The molecule has 0 aromatic heterocycles. The molecule has 142 valence electrons. The largest absolute Gasteiger partial charge is 0.496 e. The Kier molecular flexibility index (Phi) is 6.84. The zero-order chi connectivity index (χ0) is 19.3. The second-order valence-electron chi connectivity index (χ2n) is 7.06. The number of rotatable bonds is 8. The molecular weight excluding hydrogens is 346 g/mol. The first-order valence-electron chi connectivity index (χ1n) is 8.99. The lowest BCUT2D eigenvalue weighted by atomic mass is 10.0. The summed E-state index contributed by atoms with van der Waals surface area (Å²) < 4.78 is 34.0. The first-order valence-corrected chi connectivity index (χ1v) is 10.5. The summed E-state index contributed by atoms with van der Waals surface area (Å²) in [5, 5.41) is 0. The average Bonchev–Trinajstić information content (AvgIpc) is 2.59. The van der Waals surface area contributed by atoms with Crippen molar-refractivity contribution in [2.45, 2.75) is 57.4 Å². The molecule has 0 aliphatic rings. The summed E-state index contributed by atoms with van der Waals surface area (Å²) in [5.74, 6) is 0.906. The van der Waals surface area contributed by atoms with Crippen molar-refractivity contribution in [3.8, 4) is 5.75 Å². The number of hydrogen-bond donors (Lipinski definition) is 1. The van der Waals surface area contributed by atoms with Gasteiger partial charge in [0.2, 0.25) is 10.0 Å². The van der Waals surface area contributed by atoms with Crippen LogP contribution in [0.25, 0.3) is 0 Å². The summed E-state index contributed by atoms with van der Waals surface area (Å²) in [5.41, 5.74) is 2.80. The highest BCUT2D eigenvalue weighted by Gasteiger charge is 2.22. The van der Waals surface area contributed by atoms with Gasteiger partial charge in [0.1, 0.15) is 5.75 Å². The molecule has 0 aliphatic carbocycles. The number of ether oxygens (including phenoxy) is 1. The fourth-order valence-electron chi connectivity index (χ4n) is 3.01. The molecule has 0 saturated heterocycles. The van der Waals surface area contributed by atoms with E-state index in [9.17, 15) is 8.42 Å². The molecule has 26 heavy (non-hydrogen) atoms. The van der Waals surface area contributed by atoms with E-state index < -0.39 is 10.0 Å². The fourth-order valence-corrected chi connectivity index (χ4v) is 4.55. The normalized spacial score (nSPS) is 13.0. The average molecular weight is 376 g/mol. The molecule has 0 unspecified atom stereocenters. The number of hydrogen-bond acceptors (Lipinski definition) is 3. The van der Waals surface area contributed by atoms with Crippen LogP contribution in [0.15, 0.2) is 47.4 Å². The van der Waals surface area contributed by atoms with Crippen molar-refractivity contribution in [3.63, 3.8) is 0 Å². The molecule has 1 atom stereocenters. The SMILES string of the molecule is COc1cc(C)c(S(=O)(=O)N[C@@H](C)CCc2ccccc2)cc1C(C)C. The number of benzene rings is 2. The maximum atomic E-state index is 12.9. The summed E-state index contributed by atoms with van der Waals surface area (Å²) in [6.45, 7) is 7.76. The smallest absolute Gasteiger partial charge is 0.241 e. The molecule has 0 amide bonds. The Bertz CT molecular complexity index is 830. The highest BCUT2D eigenvalue weighted by Crippen LogP contribution is 2.31. The van der Waals surface area contributed by atoms with E-state index in [-0.39, 0.29) is 12.0 Å². The van der Waals surface area contributed by atoms with Crippen molar-refractivity contribution in [3.05, 3.63) is 59.2 Å². The van der Waals surface area contributed by atoms with Gasteiger partial charge in [-0.05, 0) is 61.4 Å². The summed E-state index contributed by atoms with van der Waals surface area (Å²) in [6.07, 6.45) is 1.58. The Labute approximate surface area is 157 Å². The first kappa shape index (κ1) is 20.5. The van der Waals surface area contributed by atoms with Gasteiger partial charge in [-0.25, -0.2) is 13.1 Å². The molecule has 2 aromatic rings. The van der Waals surface area contributed by atoms with Gasteiger partial charge in [-0.15, -0.1) is 0 Å². The lowest BCUT2D eigenvalue weighted by molar-refractivity contribution is 0.406. The first-order chi connectivity index (χ1) is 12.2. The van der Waals surface area contributed by atoms with Gasteiger partial charge in [-0.2, -0.15) is 0 Å². The number of methoxy groups -OCH3 is 1. The number of sulfonamides is 1. The van der Waals surface area contributed by atoms with Crippen LogP contribution in [0.1, 0.15) is 49.8 Å². The molecule has 0 aliphatic heterocycles. The molecule has 2 rings (SSSR count). The third kappa shape index (κ3) is 5.08. The van der Waals surface area contributed by atoms with Crippen LogP contribution in [0, 0.1) is 6.92 Å². The summed E-state index contributed by atoms with van der Waals surface area (Å²) in [7, 11) is -1.97. The Morgan fingerprint density at radius 2 is 1.73 bits per heavy atom. The minimum Gasteiger partial charge on any atom is -0.496 e. The lowest BCUT2D eigenvalue weighted by Crippen LogP contribution is -2.33. The van der Waals surface area contributed by atoms with Gasteiger partial charge in [-0.1, -0.05) is 44.2 Å². The van der Waals surface area contributed by atoms with Crippen LogP contribution in [0.4, 0.5) is 0 Å². The molecule has 4 nitrogen and oxygen atoms in total. The van der Waals surface area contributed by atoms with Gasteiger partial charge in [0.05, 0.1) is 12.0 Å². The highest BCUT2D eigenvalue weighted by atomic mass is 32.2. The van der Waals surface area contributed by atoms with Gasteiger partial charge < -0.3 is 4.74 Å². The van der Waals surface area contributed by atoms with Gasteiger partial charge in [0.25, 0.3) is 0 Å².